The van der Waals surface area contributed by atoms with Gasteiger partial charge < -0.3 is 10.6 Å². The molecule has 2 fully saturated rings. The lowest BCUT2D eigenvalue weighted by Crippen LogP contribution is -2.54. The predicted molar refractivity (Wildman–Crippen MR) is 92.5 cm³/mol. The van der Waals surface area contributed by atoms with Gasteiger partial charge in [0.2, 0.25) is 11.8 Å². The van der Waals surface area contributed by atoms with Crippen LogP contribution in [0.4, 0.5) is 10.1 Å². The third kappa shape index (κ3) is 2.87. The highest BCUT2D eigenvalue weighted by molar-refractivity contribution is 6.23. The third-order valence-corrected chi connectivity index (χ3v) is 5.31. The number of carbonyl (C=O) groups excluding carboxylic acids is 4. The first-order valence-electron chi connectivity index (χ1n) is 8.92. The molecule has 3 aliphatic rings. The highest BCUT2D eigenvalue weighted by Gasteiger charge is 2.45. The molecular formula is C18H19FN4O4. The second kappa shape index (κ2) is 6.41. The molecule has 0 aliphatic carbocycles. The Morgan fingerprint density at radius 3 is 2.44 bits per heavy atom. The first-order chi connectivity index (χ1) is 12.9. The number of nitrogens with one attached hydrogen (secondary N) is 1. The van der Waals surface area contributed by atoms with Crippen LogP contribution in [0, 0.1) is 5.82 Å². The van der Waals surface area contributed by atoms with Crippen LogP contribution in [0.25, 0.3) is 0 Å². The van der Waals surface area contributed by atoms with Crippen molar-refractivity contribution in [3.05, 3.63) is 29.1 Å². The quantitative estimate of drug-likeness (QED) is 0.713. The molecule has 0 spiro atoms. The molecule has 3 aliphatic heterocycles. The van der Waals surface area contributed by atoms with Gasteiger partial charge in [-0.3, -0.25) is 29.4 Å². The first-order valence-corrected chi connectivity index (χ1v) is 8.92. The molecule has 8 nitrogen and oxygen atoms in total. The molecule has 2 atom stereocenters. The van der Waals surface area contributed by atoms with Crippen LogP contribution in [-0.4, -0.2) is 53.7 Å². The smallest absolute Gasteiger partial charge is 0.262 e. The topological polar surface area (TPSA) is 113 Å². The highest BCUT2D eigenvalue weighted by atomic mass is 19.1. The standard InChI is InChI=1S/C18H19FN4O4/c19-12-6-10-11(7-14(12)22-5-1-2-9(20)8-22)18(27)23(17(10)26)13-3-4-15(24)21-16(13)25/h6-7,9,13H,1-5,8,20H2,(H,21,24,25). The Hall–Kier alpha value is -2.81. The molecule has 0 saturated carbocycles. The highest BCUT2D eigenvalue weighted by Crippen LogP contribution is 2.33. The fourth-order valence-corrected chi connectivity index (χ4v) is 3.95. The van der Waals surface area contributed by atoms with Gasteiger partial charge in [-0.15, -0.1) is 0 Å². The van der Waals surface area contributed by atoms with Crippen molar-refractivity contribution in [2.24, 2.45) is 5.73 Å². The lowest BCUT2D eigenvalue weighted by molar-refractivity contribution is -0.136. The number of rotatable bonds is 2. The number of benzene rings is 1. The van der Waals surface area contributed by atoms with E-state index < -0.39 is 35.5 Å². The van der Waals surface area contributed by atoms with Crippen LogP contribution in [0.5, 0.6) is 0 Å². The molecule has 4 rings (SSSR count). The summed E-state index contributed by atoms with van der Waals surface area (Å²) in [7, 11) is 0. The Bertz CT molecular complexity index is 871. The van der Waals surface area contributed by atoms with Crippen molar-refractivity contribution in [3.8, 4) is 0 Å². The van der Waals surface area contributed by atoms with Gasteiger partial charge in [-0.2, -0.15) is 0 Å². The van der Waals surface area contributed by atoms with Gasteiger partial charge in [0.15, 0.2) is 0 Å². The monoisotopic (exact) mass is 374 g/mol. The van der Waals surface area contributed by atoms with Gasteiger partial charge in [0, 0.05) is 25.6 Å². The Labute approximate surface area is 154 Å². The summed E-state index contributed by atoms with van der Waals surface area (Å²) < 4.78 is 14.7. The maximum absolute atomic E-state index is 14.7. The van der Waals surface area contributed by atoms with Crippen molar-refractivity contribution in [1.82, 2.24) is 10.2 Å². The molecule has 1 aromatic rings. The molecule has 27 heavy (non-hydrogen) atoms. The van der Waals surface area contributed by atoms with Crippen LogP contribution in [-0.2, 0) is 9.59 Å². The number of carbonyl (C=O) groups is 4. The normalized spacial score (nSPS) is 25.7. The van der Waals surface area contributed by atoms with E-state index in [1.54, 1.807) is 4.90 Å². The molecule has 9 heteroatoms. The van der Waals surface area contributed by atoms with E-state index in [0.29, 0.717) is 13.1 Å². The van der Waals surface area contributed by atoms with Crippen molar-refractivity contribution in [3.63, 3.8) is 0 Å². The molecule has 0 aromatic heterocycles. The van der Waals surface area contributed by atoms with E-state index in [2.05, 4.69) is 5.32 Å². The zero-order valence-corrected chi connectivity index (χ0v) is 14.5. The minimum atomic E-state index is -1.06. The Morgan fingerprint density at radius 1 is 1.07 bits per heavy atom. The number of hydrogen-bond donors (Lipinski definition) is 2. The lowest BCUT2D eigenvalue weighted by Gasteiger charge is -2.33. The predicted octanol–water partition coefficient (Wildman–Crippen LogP) is 0.154. The minimum absolute atomic E-state index is 0.0368. The van der Waals surface area contributed by atoms with E-state index in [4.69, 9.17) is 5.73 Å². The largest absolute Gasteiger partial charge is 0.368 e. The average molecular weight is 374 g/mol. The Morgan fingerprint density at radius 2 is 1.78 bits per heavy atom. The summed E-state index contributed by atoms with van der Waals surface area (Å²) >= 11 is 0. The number of fused-ring (bicyclic) bond motifs is 1. The number of amides is 4. The van der Waals surface area contributed by atoms with Crippen molar-refractivity contribution < 1.29 is 23.6 Å². The van der Waals surface area contributed by atoms with Gasteiger partial charge in [-0.05, 0) is 31.4 Å². The van der Waals surface area contributed by atoms with Gasteiger partial charge in [-0.1, -0.05) is 0 Å². The van der Waals surface area contributed by atoms with Gasteiger partial charge in [-0.25, -0.2) is 4.39 Å². The Kier molecular flexibility index (Phi) is 4.18. The van der Waals surface area contributed by atoms with Gasteiger partial charge in [0.05, 0.1) is 16.8 Å². The van der Waals surface area contributed by atoms with E-state index in [1.807, 2.05) is 0 Å². The van der Waals surface area contributed by atoms with Crippen molar-refractivity contribution in [2.75, 3.05) is 18.0 Å². The van der Waals surface area contributed by atoms with Gasteiger partial charge in [0.1, 0.15) is 11.9 Å². The maximum atomic E-state index is 14.7. The molecule has 0 bridgehead atoms. The van der Waals surface area contributed by atoms with Crippen molar-refractivity contribution >= 4 is 29.3 Å². The number of nitrogens with two attached hydrogens (primary N) is 1. The van der Waals surface area contributed by atoms with E-state index >= 15 is 0 Å². The average Bonchev–Trinajstić information content (AvgIpc) is 2.85. The fraction of sp³-hybridized carbons (Fsp3) is 0.444. The zero-order valence-electron chi connectivity index (χ0n) is 14.5. The molecule has 3 N–H and O–H groups in total. The van der Waals surface area contributed by atoms with Crippen LogP contribution < -0.4 is 16.0 Å². The second-order valence-electron chi connectivity index (χ2n) is 7.14. The van der Waals surface area contributed by atoms with Crippen LogP contribution >= 0.6 is 0 Å². The van der Waals surface area contributed by atoms with Crippen molar-refractivity contribution in [1.29, 1.82) is 0 Å². The molecule has 4 amide bonds. The number of imide groups is 2. The summed E-state index contributed by atoms with van der Waals surface area (Å²) in [6, 6.07) is 1.28. The van der Waals surface area contributed by atoms with Gasteiger partial charge in [0.25, 0.3) is 11.8 Å². The third-order valence-electron chi connectivity index (χ3n) is 5.31. The molecule has 3 heterocycles. The van der Waals surface area contributed by atoms with E-state index in [1.165, 1.54) is 6.07 Å². The number of halogens is 1. The SMILES string of the molecule is NC1CCCN(c2cc3c(cc2F)C(=O)N(C2CCC(=O)NC2=O)C3=O)C1. The lowest BCUT2D eigenvalue weighted by atomic mass is 10.0. The molecule has 142 valence electrons. The van der Waals surface area contributed by atoms with E-state index in [9.17, 15) is 23.6 Å². The molecule has 2 unspecified atom stereocenters. The van der Waals surface area contributed by atoms with Gasteiger partial charge >= 0.3 is 0 Å². The molecule has 2 saturated heterocycles. The maximum Gasteiger partial charge on any atom is 0.262 e. The first kappa shape index (κ1) is 17.6. The summed E-state index contributed by atoms with van der Waals surface area (Å²) in [5, 5.41) is 2.13. The van der Waals surface area contributed by atoms with E-state index in [-0.39, 0.29) is 35.7 Å². The minimum Gasteiger partial charge on any atom is -0.368 e. The summed E-state index contributed by atoms with van der Waals surface area (Å²) in [5.74, 6) is -3.10. The number of hydrogen-bond acceptors (Lipinski definition) is 6. The second-order valence-corrected chi connectivity index (χ2v) is 7.14. The summed E-state index contributed by atoms with van der Waals surface area (Å²) in [4.78, 5) is 51.5. The van der Waals surface area contributed by atoms with Crippen LogP contribution in [0.15, 0.2) is 12.1 Å². The zero-order chi connectivity index (χ0) is 19.3. The summed E-state index contributed by atoms with van der Waals surface area (Å²) in [6.45, 7) is 1.08. The van der Waals surface area contributed by atoms with Crippen LogP contribution in [0.1, 0.15) is 46.4 Å². The van der Waals surface area contributed by atoms with Crippen molar-refractivity contribution in [2.45, 2.75) is 37.8 Å². The molecule has 0 radical (unpaired) electrons. The Balaban J connectivity index is 1.67. The summed E-state index contributed by atoms with van der Waals surface area (Å²) in [5.41, 5.74) is 6.19. The van der Waals surface area contributed by atoms with Crippen LogP contribution in [0.2, 0.25) is 0 Å². The number of nitrogens with zero attached hydrogens (tertiary/aromatic N) is 2. The number of piperidine rings is 2. The molecular weight excluding hydrogens is 355 g/mol. The fourth-order valence-electron chi connectivity index (χ4n) is 3.95. The molecule has 1 aromatic carbocycles. The van der Waals surface area contributed by atoms with E-state index in [0.717, 1.165) is 23.8 Å². The number of anilines is 1. The van der Waals surface area contributed by atoms with Crippen LogP contribution in [0.3, 0.4) is 0 Å². The summed E-state index contributed by atoms with van der Waals surface area (Å²) in [6.07, 6.45) is 1.76.